The van der Waals surface area contributed by atoms with Gasteiger partial charge in [0.2, 0.25) is 0 Å². The fourth-order valence-corrected chi connectivity index (χ4v) is 1.61. The number of nitrogens with zero attached hydrogens (tertiary/aromatic N) is 1. The van der Waals surface area contributed by atoms with Crippen LogP contribution >= 0.6 is 0 Å². The molecule has 19 heavy (non-hydrogen) atoms. The summed E-state index contributed by atoms with van der Waals surface area (Å²) in [6, 6.07) is 11.1. The van der Waals surface area contributed by atoms with Crippen molar-refractivity contribution in [3.05, 3.63) is 48.8 Å². The number of rotatable bonds is 4. The van der Waals surface area contributed by atoms with E-state index in [-0.39, 0.29) is 0 Å². The SMILES string of the molecule is CC(C)(Oc1cccc(-c2cccnc2)c1)C(=O)O. The van der Waals surface area contributed by atoms with Gasteiger partial charge in [0.25, 0.3) is 0 Å². The van der Waals surface area contributed by atoms with Gasteiger partial charge in [0, 0.05) is 18.0 Å². The number of benzene rings is 1. The van der Waals surface area contributed by atoms with Crippen LogP contribution in [0.25, 0.3) is 11.1 Å². The Morgan fingerprint density at radius 1 is 1.21 bits per heavy atom. The number of ether oxygens (including phenoxy) is 1. The Morgan fingerprint density at radius 2 is 1.95 bits per heavy atom. The van der Waals surface area contributed by atoms with Crippen molar-refractivity contribution in [2.75, 3.05) is 0 Å². The maximum absolute atomic E-state index is 11.0. The fourth-order valence-electron chi connectivity index (χ4n) is 1.61. The van der Waals surface area contributed by atoms with Crippen LogP contribution < -0.4 is 4.74 Å². The number of carbonyl (C=O) groups is 1. The van der Waals surface area contributed by atoms with Crippen LogP contribution in [-0.2, 0) is 4.79 Å². The molecule has 0 aliphatic carbocycles. The van der Waals surface area contributed by atoms with Gasteiger partial charge in [-0.05, 0) is 37.6 Å². The standard InChI is InChI=1S/C15H15NO3/c1-15(2,14(17)18)19-13-7-3-5-11(9-13)12-6-4-8-16-10-12/h3-10H,1-2H3,(H,17,18). The Kier molecular flexibility index (Phi) is 3.51. The molecule has 1 N–H and O–H groups in total. The number of carboxylic acids is 1. The molecule has 2 aromatic rings. The summed E-state index contributed by atoms with van der Waals surface area (Å²) in [6.07, 6.45) is 3.46. The van der Waals surface area contributed by atoms with Crippen LogP contribution in [0, 0.1) is 0 Å². The van der Waals surface area contributed by atoms with Gasteiger partial charge < -0.3 is 9.84 Å². The summed E-state index contributed by atoms with van der Waals surface area (Å²) in [6.45, 7) is 3.04. The first kappa shape index (κ1) is 13.1. The highest BCUT2D eigenvalue weighted by Gasteiger charge is 2.29. The van der Waals surface area contributed by atoms with Crippen molar-refractivity contribution >= 4 is 5.97 Å². The van der Waals surface area contributed by atoms with Crippen LogP contribution in [-0.4, -0.2) is 21.7 Å². The van der Waals surface area contributed by atoms with E-state index < -0.39 is 11.6 Å². The van der Waals surface area contributed by atoms with E-state index in [1.54, 1.807) is 18.5 Å². The highest BCUT2D eigenvalue weighted by Crippen LogP contribution is 2.25. The smallest absolute Gasteiger partial charge is 0.347 e. The van der Waals surface area contributed by atoms with E-state index in [1.165, 1.54) is 13.8 Å². The van der Waals surface area contributed by atoms with Gasteiger partial charge in [-0.25, -0.2) is 4.79 Å². The largest absolute Gasteiger partial charge is 0.478 e. The first-order chi connectivity index (χ1) is 8.99. The number of hydrogen-bond acceptors (Lipinski definition) is 3. The first-order valence-electron chi connectivity index (χ1n) is 5.92. The van der Waals surface area contributed by atoms with Crippen molar-refractivity contribution in [3.63, 3.8) is 0 Å². The molecule has 1 aromatic carbocycles. The fraction of sp³-hybridized carbons (Fsp3) is 0.200. The zero-order valence-electron chi connectivity index (χ0n) is 10.8. The summed E-state index contributed by atoms with van der Waals surface area (Å²) in [5, 5.41) is 9.05. The van der Waals surface area contributed by atoms with Gasteiger partial charge in [-0.2, -0.15) is 0 Å². The number of aliphatic carboxylic acids is 1. The second-order valence-corrected chi connectivity index (χ2v) is 4.69. The highest BCUT2D eigenvalue weighted by atomic mass is 16.5. The Hall–Kier alpha value is -2.36. The Bertz CT molecular complexity index is 579. The topological polar surface area (TPSA) is 59.4 Å². The monoisotopic (exact) mass is 257 g/mol. The quantitative estimate of drug-likeness (QED) is 0.914. The van der Waals surface area contributed by atoms with E-state index in [0.717, 1.165) is 11.1 Å². The first-order valence-corrected chi connectivity index (χ1v) is 5.92. The minimum Gasteiger partial charge on any atom is -0.478 e. The molecular weight excluding hydrogens is 242 g/mol. The molecule has 4 heteroatoms. The zero-order valence-corrected chi connectivity index (χ0v) is 10.8. The van der Waals surface area contributed by atoms with Gasteiger partial charge in [-0.3, -0.25) is 4.98 Å². The lowest BCUT2D eigenvalue weighted by molar-refractivity contribution is -0.152. The van der Waals surface area contributed by atoms with Crippen LogP contribution in [0.1, 0.15) is 13.8 Å². The van der Waals surface area contributed by atoms with Gasteiger partial charge in [0.15, 0.2) is 5.60 Å². The molecule has 0 fully saturated rings. The Balaban J connectivity index is 2.28. The molecule has 0 spiro atoms. The third-order valence-electron chi connectivity index (χ3n) is 2.72. The van der Waals surface area contributed by atoms with Gasteiger partial charge in [-0.15, -0.1) is 0 Å². The number of hydrogen-bond donors (Lipinski definition) is 1. The Labute approximate surface area is 111 Å². The average molecular weight is 257 g/mol. The van der Waals surface area contributed by atoms with Crippen molar-refractivity contribution in [3.8, 4) is 16.9 Å². The number of aromatic nitrogens is 1. The molecule has 0 atom stereocenters. The van der Waals surface area contributed by atoms with Gasteiger partial charge in [0.05, 0.1) is 0 Å². The lowest BCUT2D eigenvalue weighted by atomic mass is 10.1. The van der Waals surface area contributed by atoms with Gasteiger partial charge in [-0.1, -0.05) is 18.2 Å². The third-order valence-corrected chi connectivity index (χ3v) is 2.72. The third kappa shape index (κ3) is 3.10. The summed E-state index contributed by atoms with van der Waals surface area (Å²) in [4.78, 5) is 15.1. The van der Waals surface area contributed by atoms with Crippen molar-refractivity contribution in [2.45, 2.75) is 19.4 Å². The van der Waals surface area contributed by atoms with Crippen LogP contribution in [0.3, 0.4) is 0 Å². The molecule has 0 amide bonds. The molecule has 2 rings (SSSR count). The predicted octanol–water partition coefficient (Wildman–Crippen LogP) is 2.99. The summed E-state index contributed by atoms with van der Waals surface area (Å²) < 4.78 is 5.51. The van der Waals surface area contributed by atoms with Gasteiger partial charge >= 0.3 is 5.97 Å². The summed E-state index contributed by atoms with van der Waals surface area (Å²) in [7, 11) is 0. The van der Waals surface area contributed by atoms with Crippen molar-refractivity contribution in [1.82, 2.24) is 4.98 Å². The molecular formula is C15H15NO3. The van der Waals surface area contributed by atoms with E-state index >= 15 is 0 Å². The lowest BCUT2D eigenvalue weighted by Gasteiger charge is -2.21. The molecule has 0 radical (unpaired) electrons. The van der Waals surface area contributed by atoms with Gasteiger partial charge in [0.1, 0.15) is 5.75 Å². The van der Waals surface area contributed by atoms with E-state index in [0.29, 0.717) is 5.75 Å². The van der Waals surface area contributed by atoms with E-state index in [4.69, 9.17) is 9.84 Å². The maximum Gasteiger partial charge on any atom is 0.347 e. The van der Waals surface area contributed by atoms with E-state index in [9.17, 15) is 4.79 Å². The highest BCUT2D eigenvalue weighted by molar-refractivity contribution is 5.77. The van der Waals surface area contributed by atoms with E-state index in [2.05, 4.69) is 4.98 Å². The molecule has 0 aliphatic rings. The van der Waals surface area contributed by atoms with Crippen molar-refractivity contribution in [2.24, 2.45) is 0 Å². The minimum atomic E-state index is -1.26. The summed E-state index contributed by atoms with van der Waals surface area (Å²) in [5.41, 5.74) is 0.640. The molecule has 0 saturated carbocycles. The molecule has 0 aliphatic heterocycles. The van der Waals surface area contributed by atoms with Crippen LogP contribution in [0.4, 0.5) is 0 Å². The molecule has 0 bridgehead atoms. The van der Waals surface area contributed by atoms with Crippen molar-refractivity contribution in [1.29, 1.82) is 0 Å². The summed E-state index contributed by atoms with van der Waals surface area (Å²) >= 11 is 0. The number of pyridine rings is 1. The Morgan fingerprint density at radius 3 is 2.58 bits per heavy atom. The second kappa shape index (κ2) is 5.10. The molecule has 0 unspecified atom stereocenters. The zero-order chi connectivity index (χ0) is 13.9. The maximum atomic E-state index is 11.0. The van der Waals surface area contributed by atoms with Crippen molar-refractivity contribution < 1.29 is 14.6 Å². The van der Waals surface area contributed by atoms with E-state index in [1.807, 2.05) is 30.3 Å². The van der Waals surface area contributed by atoms with Crippen LogP contribution in [0.5, 0.6) is 5.75 Å². The van der Waals surface area contributed by atoms with Crippen LogP contribution in [0.2, 0.25) is 0 Å². The second-order valence-electron chi connectivity index (χ2n) is 4.69. The molecule has 4 nitrogen and oxygen atoms in total. The predicted molar refractivity (Wildman–Crippen MR) is 72.0 cm³/mol. The minimum absolute atomic E-state index is 0.522. The molecule has 98 valence electrons. The van der Waals surface area contributed by atoms with Crippen LogP contribution in [0.15, 0.2) is 48.8 Å². The molecule has 0 saturated heterocycles. The molecule has 1 heterocycles. The molecule has 1 aromatic heterocycles. The number of carboxylic acid groups (broad SMARTS) is 1. The lowest BCUT2D eigenvalue weighted by Crippen LogP contribution is -2.37. The average Bonchev–Trinajstić information content (AvgIpc) is 2.39. The normalized spacial score (nSPS) is 11.1. The summed E-state index contributed by atoms with van der Waals surface area (Å²) in [5.74, 6) is -0.479.